The van der Waals surface area contributed by atoms with Crippen LogP contribution in [0.15, 0.2) is 77.3 Å². The number of halogens is 1. The molecule has 0 radical (unpaired) electrons. The van der Waals surface area contributed by atoms with Crippen molar-refractivity contribution in [3.8, 4) is 5.75 Å². The van der Waals surface area contributed by atoms with E-state index in [0.29, 0.717) is 48.7 Å². The highest BCUT2D eigenvalue weighted by Crippen LogP contribution is 2.25. The molecule has 166 valence electrons. The van der Waals surface area contributed by atoms with Crippen LogP contribution in [0.4, 0.5) is 11.4 Å². The zero-order chi connectivity index (χ0) is 22.8. The lowest BCUT2D eigenvalue weighted by Gasteiger charge is -2.13. The van der Waals surface area contributed by atoms with Gasteiger partial charge in [-0.2, -0.15) is 0 Å². The van der Waals surface area contributed by atoms with E-state index in [1.807, 2.05) is 36.4 Å². The van der Waals surface area contributed by atoms with Crippen molar-refractivity contribution in [2.75, 3.05) is 31.0 Å². The fourth-order valence-electron chi connectivity index (χ4n) is 3.04. The van der Waals surface area contributed by atoms with Crippen molar-refractivity contribution < 1.29 is 19.1 Å². The van der Waals surface area contributed by atoms with E-state index in [1.165, 1.54) is 0 Å². The molecule has 3 aromatic rings. The van der Waals surface area contributed by atoms with Crippen molar-refractivity contribution in [2.24, 2.45) is 0 Å². The zero-order valence-electron chi connectivity index (χ0n) is 17.8. The summed E-state index contributed by atoms with van der Waals surface area (Å²) in [4.78, 5) is 25.2. The van der Waals surface area contributed by atoms with Gasteiger partial charge in [0.15, 0.2) is 0 Å². The van der Waals surface area contributed by atoms with Crippen molar-refractivity contribution in [3.63, 3.8) is 0 Å². The summed E-state index contributed by atoms with van der Waals surface area (Å²) in [6.07, 6.45) is 1.04. The number of hydrogen-bond donors (Lipinski definition) is 2. The number of ether oxygens (including phenoxy) is 2. The third kappa shape index (κ3) is 7.21. The second kappa shape index (κ2) is 12.0. The fraction of sp³-hybridized carbons (Fsp3) is 0.200. The first kappa shape index (κ1) is 23.5. The van der Waals surface area contributed by atoms with Gasteiger partial charge in [0.2, 0.25) is 5.91 Å². The average Bonchev–Trinajstić information content (AvgIpc) is 2.79. The molecule has 0 aromatic heterocycles. The quantitative estimate of drug-likeness (QED) is 0.373. The van der Waals surface area contributed by atoms with Gasteiger partial charge in [0, 0.05) is 29.4 Å². The summed E-state index contributed by atoms with van der Waals surface area (Å²) in [5.74, 6) is 0.0672. The summed E-state index contributed by atoms with van der Waals surface area (Å²) in [6.45, 7) is 0.756. The van der Waals surface area contributed by atoms with Crippen molar-refractivity contribution >= 4 is 39.1 Å². The van der Waals surface area contributed by atoms with Crippen LogP contribution >= 0.6 is 15.9 Å². The number of carbonyl (C=O) groups excluding carboxylic acids is 2. The van der Waals surface area contributed by atoms with Gasteiger partial charge in [-0.05, 0) is 48.4 Å². The van der Waals surface area contributed by atoms with E-state index < -0.39 is 0 Å². The van der Waals surface area contributed by atoms with Gasteiger partial charge in [-0.25, -0.2) is 0 Å². The maximum atomic E-state index is 12.9. The molecule has 0 aliphatic carbocycles. The van der Waals surface area contributed by atoms with Crippen LogP contribution in [0.5, 0.6) is 5.75 Å². The van der Waals surface area contributed by atoms with Crippen LogP contribution in [-0.2, 0) is 16.0 Å². The Hall–Kier alpha value is -3.16. The molecule has 2 N–H and O–H groups in total. The predicted octanol–water partition coefficient (Wildman–Crippen LogP) is 5.30. The van der Waals surface area contributed by atoms with Gasteiger partial charge >= 0.3 is 0 Å². The third-order valence-electron chi connectivity index (χ3n) is 4.62. The lowest BCUT2D eigenvalue weighted by Crippen LogP contribution is -2.16. The van der Waals surface area contributed by atoms with E-state index in [2.05, 4.69) is 26.6 Å². The molecule has 6 nitrogen and oxygen atoms in total. The maximum absolute atomic E-state index is 12.9. The van der Waals surface area contributed by atoms with Gasteiger partial charge < -0.3 is 20.1 Å². The summed E-state index contributed by atoms with van der Waals surface area (Å²) in [6, 6.07) is 22.2. The van der Waals surface area contributed by atoms with E-state index in [9.17, 15) is 9.59 Å². The Morgan fingerprint density at radius 2 is 1.62 bits per heavy atom. The molecular formula is C25H25BrN2O4. The second-order valence-electron chi connectivity index (χ2n) is 7.05. The van der Waals surface area contributed by atoms with Crippen LogP contribution in [-0.4, -0.2) is 32.1 Å². The van der Waals surface area contributed by atoms with E-state index >= 15 is 0 Å². The molecule has 7 heteroatoms. The molecule has 3 aromatic carbocycles. The number of anilines is 2. The number of hydrogen-bond acceptors (Lipinski definition) is 4. The Balaban J connectivity index is 1.62. The Labute approximate surface area is 196 Å². The predicted molar refractivity (Wildman–Crippen MR) is 129 cm³/mol. The molecule has 2 amide bonds. The number of nitrogens with one attached hydrogen (secondary N) is 2. The summed E-state index contributed by atoms with van der Waals surface area (Å²) in [5, 5.41) is 5.75. The van der Waals surface area contributed by atoms with Gasteiger partial charge in [-0.3, -0.25) is 9.59 Å². The molecule has 0 heterocycles. The molecule has 32 heavy (non-hydrogen) atoms. The van der Waals surface area contributed by atoms with Gasteiger partial charge in [0.1, 0.15) is 12.4 Å². The number of benzene rings is 3. The summed E-state index contributed by atoms with van der Waals surface area (Å²) in [7, 11) is 1.59. The van der Waals surface area contributed by atoms with Gasteiger partial charge in [0.05, 0.1) is 12.2 Å². The van der Waals surface area contributed by atoms with E-state index in [4.69, 9.17) is 9.47 Å². The third-order valence-corrected chi connectivity index (χ3v) is 5.11. The minimum absolute atomic E-state index is 0.0850. The Morgan fingerprint density at radius 1 is 0.875 bits per heavy atom. The number of amides is 2. The molecule has 3 rings (SSSR count). The minimum atomic E-state index is -0.314. The monoisotopic (exact) mass is 496 g/mol. The van der Waals surface area contributed by atoms with Crippen molar-refractivity contribution in [3.05, 3.63) is 88.4 Å². The van der Waals surface area contributed by atoms with Crippen molar-refractivity contribution in [2.45, 2.75) is 12.8 Å². The smallest absolute Gasteiger partial charge is 0.259 e. The van der Waals surface area contributed by atoms with Crippen LogP contribution < -0.4 is 15.4 Å². The fourth-order valence-corrected chi connectivity index (χ4v) is 3.40. The topological polar surface area (TPSA) is 76.7 Å². The van der Waals surface area contributed by atoms with E-state index in [-0.39, 0.29) is 11.8 Å². The number of rotatable bonds is 10. The van der Waals surface area contributed by atoms with E-state index in [0.717, 1.165) is 10.0 Å². The molecule has 0 bridgehead atoms. The first-order chi connectivity index (χ1) is 15.5. The van der Waals surface area contributed by atoms with Crippen LogP contribution in [0, 0.1) is 0 Å². The number of methoxy groups -OCH3 is 1. The number of aryl methyl sites for hydroxylation is 1. The Kier molecular flexibility index (Phi) is 8.83. The molecule has 0 aliphatic rings. The molecule has 0 aliphatic heterocycles. The highest BCUT2D eigenvalue weighted by molar-refractivity contribution is 9.10. The van der Waals surface area contributed by atoms with Crippen molar-refractivity contribution in [1.82, 2.24) is 0 Å². The molecule has 0 spiro atoms. The van der Waals surface area contributed by atoms with Gasteiger partial charge in [0.25, 0.3) is 5.91 Å². The zero-order valence-corrected chi connectivity index (χ0v) is 19.4. The maximum Gasteiger partial charge on any atom is 0.259 e. The molecule has 0 saturated heterocycles. The first-order valence-corrected chi connectivity index (χ1v) is 11.0. The molecule has 0 atom stereocenters. The lowest BCUT2D eigenvalue weighted by molar-refractivity contribution is -0.116. The largest absolute Gasteiger partial charge is 0.490 e. The Bertz CT molecular complexity index is 1060. The highest BCUT2D eigenvalue weighted by Gasteiger charge is 2.14. The molecule has 0 unspecified atom stereocenters. The molecular weight excluding hydrogens is 472 g/mol. The minimum Gasteiger partial charge on any atom is -0.490 e. The average molecular weight is 497 g/mol. The van der Waals surface area contributed by atoms with Crippen LogP contribution in [0.3, 0.4) is 0 Å². The number of carbonyl (C=O) groups is 2. The van der Waals surface area contributed by atoms with Crippen LogP contribution in [0.1, 0.15) is 22.3 Å². The van der Waals surface area contributed by atoms with E-state index in [1.54, 1.807) is 43.5 Å². The highest BCUT2D eigenvalue weighted by atomic mass is 79.9. The molecule has 0 fully saturated rings. The SMILES string of the molecule is COCCOc1ccc(Br)cc1C(=O)Nc1cccc(NC(=O)CCc2ccccc2)c1. The molecule has 0 saturated carbocycles. The normalized spacial score (nSPS) is 10.4. The van der Waals surface area contributed by atoms with Crippen LogP contribution in [0.25, 0.3) is 0 Å². The summed E-state index contributed by atoms with van der Waals surface area (Å²) < 4.78 is 11.4. The summed E-state index contributed by atoms with van der Waals surface area (Å²) >= 11 is 3.39. The Morgan fingerprint density at radius 3 is 2.38 bits per heavy atom. The standard InChI is InChI=1S/C25H25BrN2O4/c1-31-14-15-32-23-12-11-19(26)16-22(23)25(30)28-21-9-5-8-20(17-21)27-24(29)13-10-18-6-3-2-4-7-18/h2-9,11-12,16-17H,10,13-15H2,1H3,(H,27,29)(H,28,30). The van der Waals surface area contributed by atoms with Crippen LogP contribution in [0.2, 0.25) is 0 Å². The van der Waals surface area contributed by atoms with Gasteiger partial charge in [-0.1, -0.05) is 52.3 Å². The van der Waals surface area contributed by atoms with Crippen molar-refractivity contribution in [1.29, 1.82) is 0 Å². The second-order valence-corrected chi connectivity index (χ2v) is 7.97. The summed E-state index contributed by atoms with van der Waals surface area (Å²) in [5.41, 5.74) is 2.69. The van der Waals surface area contributed by atoms with Gasteiger partial charge in [-0.15, -0.1) is 0 Å². The lowest BCUT2D eigenvalue weighted by atomic mass is 10.1. The first-order valence-electron chi connectivity index (χ1n) is 10.2.